The molecule has 136 valence electrons. The number of ether oxygens (including phenoxy) is 1. The van der Waals surface area contributed by atoms with Crippen molar-refractivity contribution < 1.29 is 9.53 Å². The van der Waals surface area contributed by atoms with Gasteiger partial charge in [0.05, 0.1) is 5.69 Å². The number of nitrogens with zero attached hydrogens (tertiary/aromatic N) is 2. The molecule has 0 fully saturated rings. The standard InChI is InChI=1S/C21H25N3O2/c22-23-11-8-17-13-19-20(14-18(17)9-12-23)26-15-21(25)24(19)10-4-7-16-5-2-1-3-6-16/h1-3,5-6,13-14H,4,7-12,15,22H2. The van der Waals surface area contributed by atoms with Crippen LogP contribution in [0.25, 0.3) is 0 Å². The topological polar surface area (TPSA) is 58.8 Å². The van der Waals surface area contributed by atoms with E-state index < -0.39 is 0 Å². The van der Waals surface area contributed by atoms with Gasteiger partial charge < -0.3 is 9.64 Å². The Bertz CT molecular complexity index is 791. The van der Waals surface area contributed by atoms with Gasteiger partial charge in [-0.2, -0.15) is 0 Å². The third kappa shape index (κ3) is 3.59. The van der Waals surface area contributed by atoms with Crippen LogP contribution in [0.1, 0.15) is 23.1 Å². The van der Waals surface area contributed by atoms with E-state index in [0.29, 0.717) is 6.54 Å². The Morgan fingerprint density at radius 2 is 1.77 bits per heavy atom. The SMILES string of the molecule is NN1CCc2cc3c(cc2CC1)N(CCCc1ccccc1)C(=O)CO3. The highest BCUT2D eigenvalue weighted by Crippen LogP contribution is 2.36. The van der Waals surface area contributed by atoms with Crippen LogP contribution in [0.2, 0.25) is 0 Å². The predicted octanol–water partition coefficient (Wildman–Crippen LogP) is 2.32. The van der Waals surface area contributed by atoms with Crippen LogP contribution in [0, 0.1) is 0 Å². The zero-order chi connectivity index (χ0) is 17.9. The van der Waals surface area contributed by atoms with Crippen LogP contribution < -0.4 is 15.5 Å². The summed E-state index contributed by atoms with van der Waals surface area (Å²) in [5.41, 5.74) is 4.79. The summed E-state index contributed by atoms with van der Waals surface area (Å²) in [6, 6.07) is 14.7. The van der Waals surface area contributed by atoms with Crippen molar-refractivity contribution in [2.45, 2.75) is 25.7 Å². The van der Waals surface area contributed by atoms with Crippen LogP contribution in [-0.2, 0) is 24.1 Å². The molecule has 0 atom stereocenters. The number of carbonyl (C=O) groups excluding carboxylic acids is 1. The summed E-state index contributed by atoms with van der Waals surface area (Å²) in [4.78, 5) is 14.4. The maximum atomic E-state index is 12.5. The van der Waals surface area contributed by atoms with E-state index in [1.165, 1.54) is 16.7 Å². The summed E-state index contributed by atoms with van der Waals surface area (Å²) in [6.07, 6.45) is 3.73. The van der Waals surface area contributed by atoms with E-state index in [1.54, 1.807) is 0 Å². The van der Waals surface area contributed by atoms with Crippen LogP contribution in [0.15, 0.2) is 42.5 Å². The average Bonchev–Trinajstić information content (AvgIpc) is 2.84. The van der Waals surface area contributed by atoms with Crippen molar-refractivity contribution in [2.75, 3.05) is 31.1 Å². The van der Waals surface area contributed by atoms with Gasteiger partial charge >= 0.3 is 0 Å². The minimum Gasteiger partial charge on any atom is -0.482 e. The molecule has 0 aromatic heterocycles. The third-order valence-electron chi connectivity index (χ3n) is 5.25. The van der Waals surface area contributed by atoms with Crippen molar-refractivity contribution in [1.82, 2.24) is 5.01 Å². The lowest BCUT2D eigenvalue weighted by molar-refractivity contribution is -0.121. The van der Waals surface area contributed by atoms with Crippen molar-refractivity contribution in [3.63, 3.8) is 0 Å². The van der Waals surface area contributed by atoms with Crippen molar-refractivity contribution in [3.05, 3.63) is 59.2 Å². The second-order valence-corrected chi connectivity index (χ2v) is 7.05. The number of fused-ring (bicyclic) bond motifs is 2. The minimum atomic E-state index is 0.0413. The molecule has 2 N–H and O–H groups in total. The maximum Gasteiger partial charge on any atom is 0.265 e. The maximum absolute atomic E-state index is 12.5. The lowest BCUT2D eigenvalue weighted by Crippen LogP contribution is -2.39. The van der Waals surface area contributed by atoms with E-state index in [0.717, 1.165) is 50.2 Å². The molecule has 2 aromatic carbocycles. The molecule has 5 nitrogen and oxygen atoms in total. The predicted molar refractivity (Wildman–Crippen MR) is 102 cm³/mol. The lowest BCUT2D eigenvalue weighted by Gasteiger charge is -2.30. The van der Waals surface area contributed by atoms with Gasteiger partial charge in [-0.25, -0.2) is 5.01 Å². The van der Waals surface area contributed by atoms with E-state index in [4.69, 9.17) is 10.6 Å². The number of carbonyl (C=O) groups is 1. The Balaban J connectivity index is 1.53. The number of amides is 1. The van der Waals surface area contributed by atoms with Gasteiger partial charge in [0.2, 0.25) is 0 Å². The number of aryl methyl sites for hydroxylation is 1. The van der Waals surface area contributed by atoms with Crippen LogP contribution >= 0.6 is 0 Å². The first-order chi connectivity index (χ1) is 12.7. The minimum absolute atomic E-state index is 0.0413. The van der Waals surface area contributed by atoms with Crippen molar-refractivity contribution >= 4 is 11.6 Å². The van der Waals surface area contributed by atoms with E-state index in [1.807, 2.05) is 16.0 Å². The van der Waals surface area contributed by atoms with E-state index in [9.17, 15) is 4.79 Å². The molecule has 2 heterocycles. The van der Waals surface area contributed by atoms with Gasteiger partial charge in [0.25, 0.3) is 5.91 Å². The Morgan fingerprint density at radius 3 is 2.54 bits per heavy atom. The fourth-order valence-electron chi connectivity index (χ4n) is 3.77. The Morgan fingerprint density at radius 1 is 1.04 bits per heavy atom. The number of rotatable bonds is 4. The number of hydrogen-bond donors (Lipinski definition) is 1. The highest BCUT2D eigenvalue weighted by atomic mass is 16.5. The number of benzene rings is 2. The van der Waals surface area contributed by atoms with E-state index >= 15 is 0 Å². The summed E-state index contributed by atoms with van der Waals surface area (Å²) in [7, 11) is 0. The summed E-state index contributed by atoms with van der Waals surface area (Å²) in [5, 5.41) is 1.86. The summed E-state index contributed by atoms with van der Waals surface area (Å²) in [5.74, 6) is 6.84. The fraction of sp³-hybridized carbons (Fsp3) is 0.381. The van der Waals surface area contributed by atoms with Gasteiger partial charge in [-0.15, -0.1) is 0 Å². The largest absolute Gasteiger partial charge is 0.482 e. The molecule has 0 aliphatic carbocycles. The second-order valence-electron chi connectivity index (χ2n) is 7.05. The molecule has 0 unspecified atom stereocenters. The molecule has 0 bridgehead atoms. The molecule has 2 aliphatic heterocycles. The third-order valence-corrected chi connectivity index (χ3v) is 5.25. The van der Waals surface area contributed by atoms with Crippen LogP contribution in [0.3, 0.4) is 0 Å². The van der Waals surface area contributed by atoms with Gasteiger partial charge in [0.1, 0.15) is 5.75 Å². The first-order valence-corrected chi connectivity index (χ1v) is 9.33. The molecule has 2 aromatic rings. The van der Waals surface area contributed by atoms with Crippen molar-refractivity contribution in [2.24, 2.45) is 5.84 Å². The van der Waals surface area contributed by atoms with E-state index in [-0.39, 0.29) is 12.5 Å². The van der Waals surface area contributed by atoms with Crippen LogP contribution in [-0.4, -0.2) is 37.2 Å². The molecule has 4 rings (SSSR count). The summed E-state index contributed by atoms with van der Waals surface area (Å²) < 4.78 is 5.73. The quantitative estimate of drug-likeness (QED) is 0.859. The number of hydrogen-bond acceptors (Lipinski definition) is 4. The number of nitrogens with two attached hydrogens (primary N) is 1. The van der Waals surface area contributed by atoms with Crippen LogP contribution in [0.4, 0.5) is 5.69 Å². The first kappa shape index (κ1) is 17.1. The normalized spacial score (nSPS) is 17.3. The molecular formula is C21H25N3O2. The molecule has 0 saturated carbocycles. The van der Waals surface area contributed by atoms with Gasteiger partial charge in [-0.1, -0.05) is 30.3 Å². The smallest absolute Gasteiger partial charge is 0.265 e. The molecule has 0 saturated heterocycles. The monoisotopic (exact) mass is 351 g/mol. The number of hydrazine groups is 1. The van der Waals surface area contributed by atoms with Gasteiger partial charge in [0.15, 0.2) is 6.61 Å². The van der Waals surface area contributed by atoms with Gasteiger partial charge in [-0.3, -0.25) is 10.6 Å². The molecule has 1 amide bonds. The van der Waals surface area contributed by atoms with Crippen LogP contribution in [0.5, 0.6) is 5.75 Å². The van der Waals surface area contributed by atoms with Gasteiger partial charge in [-0.05, 0) is 54.5 Å². The lowest BCUT2D eigenvalue weighted by atomic mass is 10.00. The zero-order valence-electron chi connectivity index (χ0n) is 15.0. The first-order valence-electron chi connectivity index (χ1n) is 9.33. The van der Waals surface area contributed by atoms with E-state index in [2.05, 4.69) is 36.4 Å². The van der Waals surface area contributed by atoms with Crippen molar-refractivity contribution in [3.8, 4) is 5.75 Å². The zero-order valence-corrected chi connectivity index (χ0v) is 15.0. The molecule has 26 heavy (non-hydrogen) atoms. The summed E-state index contributed by atoms with van der Waals surface area (Å²) in [6.45, 7) is 2.53. The van der Waals surface area contributed by atoms with Gasteiger partial charge in [0, 0.05) is 19.6 Å². The Hall–Kier alpha value is -2.37. The summed E-state index contributed by atoms with van der Waals surface area (Å²) >= 11 is 0. The molecular weight excluding hydrogens is 326 g/mol. The van der Waals surface area contributed by atoms with Crippen molar-refractivity contribution in [1.29, 1.82) is 0 Å². The molecule has 2 aliphatic rings. The second kappa shape index (κ2) is 7.48. The number of anilines is 1. The highest BCUT2D eigenvalue weighted by molar-refractivity contribution is 5.98. The Kier molecular flexibility index (Phi) is 4.91. The Labute approximate surface area is 154 Å². The molecule has 0 radical (unpaired) electrons. The molecule has 0 spiro atoms. The fourth-order valence-corrected chi connectivity index (χ4v) is 3.77. The highest BCUT2D eigenvalue weighted by Gasteiger charge is 2.27. The molecule has 5 heteroatoms. The average molecular weight is 351 g/mol.